The molecular formula is C15H19ClFNO. The minimum atomic E-state index is -0.196. The molecule has 19 heavy (non-hydrogen) atoms. The van der Waals surface area contributed by atoms with E-state index in [1.807, 2.05) is 0 Å². The number of hydrogen-bond donors (Lipinski definition) is 1. The van der Waals surface area contributed by atoms with Gasteiger partial charge in [0.25, 0.3) is 0 Å². The summed E-state index contributed by atoms with van der Waals surface area (Å²) in [5.74, 6) is 0.423. The second-order valence-electron chi connectivity index (χ2n) is 5.86. The molecule has 2 N–H and O–H groups in total. The Bertz CT molecular complexity index is 477. The quantitative estimate of drug-likeness (QED) is 0.921. The van der Waals surface area contributed by atoms with Gasteiger partial charge in [-0.15, -0.1) is 0 Å². The molecule has 0 bridgehead atoms. The Hall–Kier alpha value is -0.640. The fourth-order valence-corrected chi connectivity index (χ4v) is 3.48. The van der Waals surface area contributed by atoms with E-state index in [1.165, 1.54) is 18.9 Å². The van der Waals surface area contributed by atoms with E-state index in [0.717, 1.165) is 13.0 Å². The van der Waals surface area contributed by atoms with Gasteiger partial charge < -0.3 is 10.5 Å². The zero-order chi connectivity index (χ0) is 13.5. The number of halogens is 2. The maximum Gasteiger partial charge on any atom is 0.126 e. The molecule has 1 aliphatic carbocycles. The lowest BCUT2D eigenvalue weighted by Crippen LogP contribution is -2.41. The Morgan fingerprint density at radius 3 is 2.89 bits per heavy atom. The van der Waals surface area contributed by atoms with Crippen molar-refractivity contribution in [3.8, 4) is 0 Å². The van der Waals surface area contributed by atoms with Crippen molar-refractivity contribution in [1.29, 1.82) is 0 Å². The van der Waals surface area contributed by atoms with E-state index in [2.05, 4.69) is 0 Å². The van der Waals surface area contributed by atoms with Crippen LogP contribution in [0.3, 0.4) is 0 Å². The van der Waals surface area contributed by atoms with Crippen molar-refractivity contribution in [3.63, 3.8) is 0 Å². The lowest BCUT2D eigenvalue weighted by Gasteiger charge is -2.33. The number of hydrogen-bond acceptors (Lipinski definition) is 2. The van der Waals surface area contributed by atoms with Gasteiger partial charge in [0.1, 0.15) is 5.82 Å². The molecule has 1 saturated carbocycles. The Kier molecular flexibility index (Phi) is 3.54. The molecular weight excluding hydrogens is 265 g/mol. The molecule has 1 aromatic carbocycles. The van der Waals surface area contributed by atoms with Crippen LogP contribution in [0, 0.1) is 17.2 Å². The summed E-state index contributed by atoms with van der Waals surface area (Å²) in [6, 6.07) is 4.74. The maximum atomic E-state index is 13.9. The fourth-order valence-electron chi connectivity index (χ4n) is 3.28. The maximum absolute atomic E-state index is 13.9. The van der Waals surface area contributed by atoms with Crippen LogP contribution in [0.15, 0.2) is 18.2 Å². The zero-order valence-electron chi connectivity index (χ0n) is 10.9. The molecule has 2 atom stereocenters. The highest BCUT2D eigenvalue weighted by Gasteiger charge is 2.50. The molecule has 0 spiro atoms. The Labute approximate surface area is 118 Å². The van der Waals surface area contributed by atoms with Crippen LogP contribution in [0.5, 0.6) is 0 Å². The van der Waals surface area contributed by atoms with Gasteiger partial charge in [0, 0.05) is 23.6 Å². The van der Waals surface area contributed by atoms with Gasteiger partial charge in [-0.1, -0.05) is 11.6 Å². The van der Waals surface area contributed by atoms with Crippen LogP contribution in [-0.4, -0.2) is 19.3 Å². The van der Waals surface area contributed by atoms with E-state index in [-0.39, 0.29) is 17.3 Å². The summed E-state index contributed by atoms with van der Waals surface area (Å²) in [7, 11) is 0. The summed E-state index contributed by atoms with van der Waals surface area (Å²) >= 11 is 5.97. The average Bonchev–Trinajstić information content (AvgIpc) is 3.16. The van der Waals surface area contributed by atoms with Gasteiger partial charge in [-0.3, -0.25) is 0 Å². The number of ether oxygens (including phenoxy) is 1. The van der Waals surface area contributed by atoms with Gasteiger partial charge in [0.05, 0.1) is 6.10 Å². The SMILES string of the molecule is NCC1(Cc2cc(Cl)ccc2F)CCOC1C1CC1. The van der Waals surface area contributed by atoms with Gasteiger partial charge in [-0.05, 0) is 55.4 Å². The normalized spacial score (nSPS) is 30.8. The predicted molar refractivity (Wildman–Crippen MR) is 73.7 cm³/mol. The third kappa shape index (κ3) is 2.51. The Balaban J connectivity index is 1.87. The van der Waals surface area contributed by atoms with Crippen molar-refractivity contribution < 1.29 is 9.13 Å². The minimum Gasteiger partial charge on any atom is -0.377 e. The van der Waals surface area contributed by atoms with Gasteiger partial charge in [-0.25, -0.2) is 4.39 Å². The van der Waals surface area contributed by atoms with Gasteiger partial charge >= 0.3 is 0 Å². The summed E-state index contributed by atoms with van der Waals surface area (Å²) < 4.78 is 19.8. The molecule has 2 unspecified atom stereocenters. The van der Waals surface area contributed by atoms with Crippen molar-refractivity contribution >= 4 is 11.6 Å². The number of benzene rings is 1. The molecule has 3 rings (SSSR count). The topological polar surface area (TPSA) is 35.2 Å². The fraction of sp³-hybridized carbons (Fsp3) is 0.600. The van der Waals surface area contributed by atoms with Crippen LogP contribution in [-0.2, 0) is 11.2 Å². The minimum absolute atomic E-state index is 0.118. The van der Waals surface area contributed by atoms with Crippen molar-refractivity contribution in [2.45, 2.75) is 31.8 Å². The molecule has 2 nitrogen and oxygen atoms in total. The van der Waals surface area contributed by atoms with E-state index in [4.69, 9.17) is 22.1 Å². The zero-order valence-corrected chi connectivity index (χ0v) is 11.6. The summed E-state index contributed by atoms with van der Waals surface area (Å²) in [4.78, 5) is 0. The summed E-state index contributed by atoms with van der Waals surface area (Å²) in [6.07, 6.45) is 4.15. The van der Waals surface area contributed by atoms with Crippen molar-refractivity contribution in [2.75, 3.05) is 13.2 Å². The monoisotopic (exact) mass is 283 g/mol. The third-order valence-corrected chi connectivity index (χ3v) is 4.74. The molecule has 4 heteroatoms. The molecule has 0 amide bonds. The summed E-state index contributed by atoms with van der Waals surface area (Å²) in [5.41, 5.74) is 6.57. The molecule has 1 heterocycles. The molecule has 0 aromatic heterocycles. The van der Waals surface area contributed by atoms with Crippen LogP contribution >= 0.6 is 11.6 Å². The number of rotatable bonds is 4. The van der Waals surface area contributed by atoms with Crippen molar-refractivity contribution in [3.05, 3.63) is 34.6 Å². The van der Waals surface area contributed by atoms with Gasteiger partial charge in [-0.2, -0.15) is 0 Å². The van der Waals surface area contributed by atoms with E-state index in [0.29, 0.717) is 29.5 Å². The third-order valence-electron chi connectivity index (χ3n) is 4.51. The molecule has 1 aromatic rings. The first kappa shape index (κ1) is 13.3. The first-order valence-corrected chi connectivity index (χ1v) is 7.28. The Morgan fingerprint density at radius 1 is 1.42 bits per heavy atom. The van der Waals surface area contributed by atoms with Crippen LogP contribution in [0.25, 0.3) is 0 Å². The smallest absolute Gasteiger partial charge is 0.126 e. The number of nitrogens with two attached hydrogens (primary N) is 1. The van der Waals surface area contributed by atoms with Gasteiger partial charge in [0.2, 0.25) is 0 Å². The average molecular weight is 284 g/mol. The lowest BCUT2D eigenvalue weighted by molar-refractivity contribution is 0.0341. The van der Waals surface area contributed by atoms with E-state index in [1.54, 1.807) is 12.1 Å². The standard InChI is InChI=1S/C15H19ClFNO/c16-12-3-4-13(17)11(7-12)8-15(9-18)5-6-19-14(15)10-1-2-10/h3-4,7,10,14H,1-2,5-6,8-9,18H2. The van der Waals surface area contributed by atoms with E-state index < -0.39 is 0 Å². The summed E-state index contributed by atoms with van der Waals surface area (Å²) in [5, 5.41) is 0.574. The Morgan fingerprint density at radius 2 is 2.21 bits per heavy atom. The second kappa shape index (κ2) is 5.04. The molecule has 1 aliphatic heterocycles. The van der Waals surface area contributed by atoms with Crippen LogP contribution in [0.4, 0.5) is 4.39 Å². The van der Waals surface area contributed by atoms with Crippen molar-refractivity contribution in [1.82, 2.24) is 0 Å². The van der Waals surface area contributed by atoms with Crippen LogP contribution < -0.4 is 5.73 Å². The molecule has 1 saturated heterocycles. The van der Waals surface area contributed by atoms with Crippen LogP contribution in [0.1, 0.15) is 24.8 Å². The molecule has 0 radical (unpaired) electrons. The van der Waals surface area contributed by atoms with Gasteiger partial charge in [0.15, 0.2) is 0 Å². The molecule has 2 fully saturated rings. The largest absolute Gasteiger partial charge is 0.377 e. The lowest BCUT2D eigenvalue weighted by atomic mass is 9.74. The molecule has 104 valence electrons. The van der Waals surface area contributed by atoms with Crippen molar-refractivity contribution in [2.24, 2.45) is 17.1 Å². The molecule has 2 aliphatic rings. The highest BCUT2D eigenvalue weighted by molar-refractivity contribution is 6.30. The highest BCUT2D eigenvalue weighted by Crippen LogP contribution is 2.49. The van der Waals surface area contributed by atoms with E-state index in [9.17, 15) is 4.39 Å². The second-order valence-corrected chi connectivity index (χ2v) is 6.29. The summed E-state index contributed by atoms with van der Waals surface area (Å²) in [6.45, 7) is 1.28. The highest BCUT2D eigenvalue weighted by atomic mass is 35.5. The van der Waals surface area contributed by atoms with Crippen LogP contribution in [0.2, 0.25) is 5.02 Å². The first-order chi connectivity index (χ1) is 9.14. The predicted octanol–water partition coefficient (Wildman–Crippen LogP) is 3.17. The first-order valence-electron chi connectivity index (χ1n) is 6.90. The van der Waals surface area contributed by atoms with E-state index >= 15 is 0 Å².